The Bertz CT molecular complexity index is 327. The average molecular weight is 180 g/mol. The van der Waals surface area contributed by atoms with Crippen LogP contribution in [0.25, 0.3) is 0 Å². The molecule has 1 N–H and O–H groups in total. The lowest BCUT2D eigenvalue weighted by atomic mass is 10.5. The third kappa shape index (κ3) is 1.33. The molecule has 56 valence electrons. The molecule has 3 nitrogen and oxygen atoms in total. The normalized spacial score (nSPS) is 11.8. The molecule has 10 heavy (non-hydrogen) atoms. The monoisotopic (exact) mass is 179 g/mol. The van der Waals surface area contributed by atoms with Crippen molar-refractivity contribution in [3.8, 4) is 0 Å². The highest BCUT2D eigenvalue weighted by Crippen LogP contribution is 2.16. The van der Waals surface area contributed by atoms with Crippen molar-refractivity contribution in [2.24, 2.45) is 0 Å². The molecular formula is C5H6ClNO2S. The fraction of sp³-hybridized carbons (Fsp3) is 0.200. The Morgan fingerprint density at radius 3 is 2.40 bits per heavy atom. The number of hydrogen-bond acceptors (Lipinski definition) is 2. The Balaban J connectivity index is 3.32. The van der Waals surface area contributed by atoms with Crippen molar-refractivity contribution in [3.63, 3.8) is 0 Å². The van der Waals surface area contributed by atoms with Crippen LogP contribution >= 0.6 is 10.7 Å². The lowest BCUT2D eigenvalue weighted by molar-refractivity contribution is 0.609. The summed E-state index contributed by atoms with van der Waals surface area (Å²) in [5.41, 5.74) is 0.565. The number of aromatic nitrogens is 1. The summed E-state index contributed by atoms with van der Waals surface area (Å²) in [5.74, 6) is 0. The van der Waals surface area contributed by atoms with Gasteiger partial charge in [-0.1, -0.05) is 0 Å². The van der Waals surface area contributed by atoms with Gasteiger partial charge in [0.05, 0.1) is 0 Å². The quantitative estimate of drug-likeness (QED) is 0.660. The second-order valence-electron chi connectivity index (χ2n) is 1.90. The lowest BCUT2D eigenvalue weighted by Crippen LogP contribution is -1.89. The van der Waals surface area contributed by atoms with Gasteiger partial charge < -0.3 is 4.98 Å². The van der Waals surface area contributed by atoms with Gasteiger partial charge in [0.25, 0.3) is 9.05 Å². The van der Waals surface area contributed by atoms with Crippen LogP contribution in [0.3, 0.4) is 0 Å². The van der Waals surface area contributed by atoms with Crippen LogP contribution in [0, 0.1) is 6.92 Å². The van der Waals surface area contributed by atoms with Crippen molar-refractivity contribution < 1.29 is 8.42 Å². The zero-order valence-electron chi connectivity index (χ0n) is 5.26. The zero-order valence-corrected chi connectivity index (χ0v) is 6.83. The number of H-pyrrole nitrogens is 1. The molecule has 0 aliphatic carbocycles. The van der Waals surface area contributed by atoms with E-state index >= 15 is 0 Å². The summed E-state index contributed by atoms with van der Waals surface area (Å²) in [4.78, 5) is 2.86. The summed E-state index contributed by atoms with van der Waals surface area (Å²) in [7, 11) is 1.51. The fourth-order valence-electron chi connectivity index (χ4n) is 0.703. The van der Waals surface area contributed by atoms with Gasteiger partial charge in [0.2, 0.25) is 0 Å². The molecule has 0 bridgehead atoms. The summed E-state index contributed by atoms with van der Waals surface area (Å²) in [6.07, 6.45) is 1.53. The topological polar surface area (TPSA) is 49.9 Å². The minimum Gasteiger partial charge on any atom is -0.364 e. The van der Waals surface area contributed by atoms with Crippen LogP contribution in [0.1, 0.15) is 5.69 Å². The van der Waals surface area contributed by atoms with E-state index in [0.29, 0.717) is 5.69 Å². The van der Waals surface area contributed by atoms with E-state index in [4.69, 9.17) is 10.7 Å². The molecular weight excluding hydrogens is 174 g/mol. The third-order valence-electron chi connectivity index (χ3n) is 1.17. The highest BCUT2D eigenvalue weighted by molar-refractivity contribution is 8.13. The van der Waals surface area contributed by atoms with Gasteiger partial charge in [0.1, 0.15) is 4.90 Å². The first-order chi connectivity index (χ1) is 4.52. The number of aromatic amines is 1. The van der Waals surface area contributed by atoms with E-state index in [1.807, 2.05) is 0 Å². The van der Waals surface area contributed by atoms with Gasteiger partial charge in [-0.05, 0) is 13.0 Å². The van der Waals surface area contributed by atoms with Crippen molar-refractivity contribution in [2.75, 3.05) is 0 Å². The predicted octanol–water partition coefficient (Wildman–Crippen LogP) is 1.25. The minimum atomic E-state index is -3.55. The van der Waals surface area contributed by atoms with Crippen molar-refractivity contribution >= 4 is 19.7 Å². The molecule has 1 aromatic heterocycles. The van der Waals surface area contributed by atoms with Gasteiger partial charge >= 0.3 is 0 Å². The molecule has 1 rings (SSSR count). The van der Waals surface area contributed by atoms with E-state index in [0.717, 1.165) is 0 Å². The minimum absolute atomic E-state index is 0.147. The zero-order chi connectivity index (χ0) is 7.78. The van der Waals surface area contributed by atoms with Gasteiger partial charge in [-0.25, -0.2) is 8.42 Å². The van der Waals surface area contributed by atoms with E-state index in [2.05, 4.69) is 4.98 Å². The van der Waals surface area contributed by atoms with Crippen LogP contribution in [0.2, 0.25) is 0 Å². The largest absolute Gasteiger partial charge is 0.364 e. The number of aryl methyl sites for hydroxylation is 1. The summed E-state index contributed by atoms with van der Waals surface area (Å²) in [5, 5.41) is 0. The number of nitrogens with one attached hydrogen (secondary N) is 1. The second-order valence-corrected chi connectivity index (χ2v) is 4.44. The molecule has 0 aliphatic heterocycles. The molecule has 0 saturated carbocycles. The lowest BCUT2D eigenvalue weighted by Gasteiger charge is -1.90. The van der Waals surface area contributed by atoms with Gasteiger partial charge in [0.15, 0.2) is 0 Å². The predicted molar refractivity (Wildman–Crippen MR) is 38.6 cm³/mol. The van der Waals surface area contributed by atoms with Crippen LogP contribution in [-0.4, -0.2) is 13.4 Å². The number of halogens is 1. The molecule has 0 aliphatic rings. The number of hydrogen-bond donors (Lipinski definition) is 1. The van der Waals surface area contributed by atoms with E-state index in [-0.39, 0.29) is 4.90 Å². The maximum absolute atomic E-state index is 10.7. The molecule has 0 saturated heterocycles. The van der Waals surface area contributed by atoms with Crippen LogP contribution in [0.5, 0.6) is 0 Å². The van der Waals surface area contributed by atoms with Gasteiger partial charge in [-0.3, -0.25) is 0 Å². The summed E-state index contributed by atoms with van der Waals surface area (Å²) < 4.78 is 21.3. The van der Waals surface area contributed by atoms with Gasteiger partial charge in [-0.2, -0.15) is 0 Å². The van der Waals surface area contributed by atoms with Crippen molar-refractivity contribution in [1.82, 2.24) is 4.98 Å². The first-order valence-corrected chi connectivity index (χ1v) is 4.91. The van der Waals surface area contributed by atoms with Crippen molar-refractivity contribution in [3.05, 3.63) is 18.0 Å². The highest BCUT2D eigenvalue weighted by Gasteiger charge is 2.12. The molecule has 0 spiro atoms. The van der Waals surface area contributed by atoms with Crippen molar-refractivity contribution in [1.29, 1.82) is 0 Å². The molecule has 0 unspecified atom stereocenters. The molecule has 0 fully saturated rings. The molecule has 0 radical (unpaired) electrons. The Hall–Kier alpha value is -0.480. The Morgan fingerprint density at radius 1 is 1.60 bits per heavy atom. The summed E-state index contributed by atoms with van der Waals surface area (Å²) in [6.45, 7) is 1.65. The average Bonchev–Trinajstić information content (AvgIpc) is 2.11. The molecule has 5 heteroatoms. The molecule has 0 aromatic carbocycles. The maximum atomic E-state index is 10.7. The van der Waals surface area contributed by atoms with Crippen LogP contribution in [0.15, 0.2) is 17.2 Å². The molecule has 1 heterocycles. The molecule has 0 amide bonds. The highest BCUT2D eigenvalue weighted by atomic mass is 35.7. The maximum Gasteiger partial charge on any atom is 0.263 e. The van der Waals surface area contributed by atoms with Crippen molar-refractivity contribution in [2.45, 2.75) is 11.8 Å². The summed E-state index contributed by atoms with van der Waals surface area (Å²) in [6, 6.07) is 1.43. The number of rotatable bonds is 1. The molecule has 0 atom stereocenters. The first kappa shape index (κ1) is 7.63. The van der Waals surface area contributed by atoms with Crippen LogP contribution in [0.4, 0.5) is 0 Å². The molecule has 1 aromatic rings. The van der Waals surface area contributed by atoms with E-state index in [9.17, 15) is 8.42 Å². The SMILES string of the molecule is Cc1[nH]ccc1S(=O)(=O)Cl. The van der Waals surface area contributed by atoms with Gasteiger partial charge in [0, 0.05) is 22.6 Å². The first-order valence-electron chi connectivity index (χ1n) is 2.60. The van der Waals surface area contributed by atoms with E-state index in [1.165, 1.54) is 12.3 Å². The third-order valence-corrected chi connectivity index (χ3v) is 2.63. The van der Waals surface area contributed by atoms with E-state index < -0.39 is 9.05 Å². The summed E-state index contributed by atoms with van der Waals surface area (Å²) >= 11 is 0. The van der Waals surface area contributed by atoms with Crippen LogP contribution < -0.4 is 0 Å². The van der Waals surface area contributed by atoms with Gasteiger partial charge in [-0.15, -0.1) is 0 Å². The second kappa shape index (κ2) is 2.29. The van der Waals surface area contributed by atoms with E-state index in [1.54, 1.807) is 6.92 Å². The van der Waals surface area contributed by atoms with Crippen LogP contribution in [-0.2, 0) is 9.05 Å². The standard InChI is InChI=1S/C5H6ClNO2S/c1-4-5(2-3-7-4)10(6,8)9/h2-3,7H,1H3. The Labute approximate surface area is 63.4 Å². The fourth-order valence-corrected chi connectivity index (χ4v) is 1.86. The smallest absolute Gasteiger partial charge is 0.263 e. The Kier molecular flexibility index (Phi) is 1.74. The Morgan fingerprint density at radius 2 is 2.20 bits per heavy atom.